The first-order chi connectivity index (χ1) is 7.08. The van der Waals surface area contributed by atoms with Gasteiger partial charge in [0.1, 0.15) is 5.75 Å². The Morgan fingerprint density at radius 1 is 1.60 bits per heavy atom. The van der Waals surface area contributed by atoms with Gasteiger partial charge in [0.2, 0.25) is 0 Å². The summed E-state index contributed by atoms with van der Waals surface area (Å²) in [5.41, 5.74) is 1.66. The molecule has 4 heteroatoms. The van der Waals surface area contributed by atoms with Crippen molar-refractivity contribution >= 4 is 5.97 Å². The third kappa shape index (κ3) is 2.47. The molecule has 1 N–H and O–H groups in total. The third-order valence-corrected chi connectivity index (χ3v) is 2.02. The average Bonchev–Trinajstić information content (AvgIpc) is 2.19. The third-order valence-electron chi connectivity index (χ3n) is 2.02. The second kappa shape index (κ2) is 4.47. The Bertz CT molecular complexity index is 432. The van der Waals surface area contributed by atoms with E-state index in [1.54, 1.807) is 12.1 Å². The van der Waals surface area contributed by atoms with Gasteiger partial charge < -0.3 is 9.84 Å². The molecular weight excluding hydrogens is 194 g/mol. The first kappa shape index (κ1) is 11.1. The topological polar surface area (TPSA) is 70.3 Å². The van der Waals surface area contributed by atoms with Gasteiger partial charge in [0.05, 0.1) is 25.2 Å². The van der Waals surface area contributed by atoms with Crippen LogP contribution in [0.25, 0.3) is 0 Å². The number of hydrogen-bond acceptors (Lipinski definition) is 3. The minimum absolute atomic E-state index is 0.202. The molecule has 0 heterocycles. The molecule has 1 aromatic rings. The fraction of sp³-hybridized carbons (Fsp3) is 0.273. The monoisotopic (exact) mass is 205 g/mol. The Kier molecular flexibility index (Phi) is 3.29. The number of carbonyl (C=O) groups is 1. The van der Waals surface area contributed by atoms with Gasteiger partial charge in [-0.05, 0) is 24.6 Å². The van der Waals surface area contributed by atoms with Gasteiger partial charge in [0, 0.05) is 5.56 Å². The van der Waals surface area contributed by atoms with Crippen LogP contribution in [0, 0.1) is 18.3 Å². The molecule has 0 saturated heterocycles. The lowest BCUT2D eigenvalue weighted by Gasteiger charge is -2.09. The summed E-state index contributed by atoms with van der Waals surface area (Å²) >= 11 is 0. The summed E-state index contributed by atoms with van der Waals surface area (Å²) in [7, 11) is 1.46. The van der Waals surface area contributed by atoms with Crippen LogP contribution in [0.3, 0.4) is 0 Å². The highest BCUT2D eigenvalue weighted by atomic mass is 16.5. The smallest absolute Gasteiger partial charge is 0.308 e. The first-order valence-corrected chi connectivity index (χ1v) is 4.38. The van der Waals surface area contributed by atoms with E-state index in [2.05, 4.69) is 0 Å². The molecule has 78 valence electrons. The van der Waals surface area contributed by atoms with Crippen molar-refractivity contribution in [3.8, 4) is 11.8 Å². The van der Waals surface area contributed by atoms with Crippen molar-refractivity contribution in [2.24, 2.45) is 0 Å². The summed E-state index contributed by atoms with van der Waals surface area (Å²) in [4.78, 5) is 10.6. The summed E-state index contributed by atoms with van der Waals surface area (Å²) in [6.45, 7) is 1.83. The minimum Gasteiger partial charge on any atom is -0.496 e. The molecule has 0 unspecified atom stereocenters. The van der Waals surface area contributed by atoms with Crippen LogP contribution in [-0.4, -0.2) is 18.2 Å². The van der Waals surface area contributed by atoms with Crippen molar-refractivity contribution in [3.63, 3.8) is 0 Å². The van der Waals surface area contributed by atoms with Crippen molar-refractivity contribution in [1.82, 2.24) is 0 Å². The largest absolute Gasteiger partial charge is 0.496 e. The number of ether oxygens (including phenoxy) is 1. The Hall–Kier alpha value is -2.02. The molecule has 0 fully saturated rings. The molecule has 1 aromatic carbocycles. The van der Waals surface area contributed by atoms with E-state index < -0.39 is 5.97 Å². The van der Waals surface area contributed by atoms with Crippen LogP contribution in [0.1, 0.15) is 16.7 Å². The molecular formula is C11H11NO3. The van der Waals surface area contributed by atoms with E-state index in [-0.39, 0.29) is 6.42 Å². The molecule has 0 radical (unpaired) electrons. The van der Waals surface area contributed by atoms with Gasteiger partial charge in [-0.3, -0.25) is 4.79 Å². The normalized spacial score (nSPS) is 9.40. The van der Waals surface area contributed by atoms with E-state index >= 15 is 0 Å². The maximum absolute atomic E-state index is 10.6. The lowest BCUT2D eigenvalue weighted by atomic mass is 10.0. The van der Waals surface area contributed by atoms with Crippen molar-refractivity contribution < 1.29 is 14.6 Å². The molecule has 0 aliphatic carbocycles. The van der Waals surface area contributed by atoms with Crippen molar-refractivity contribution in [2.75, 3.05) is 7.11 Å². The second-order valence-electron chi connectivity index (χ2n) is 3.18. The summed E-state index contributed by atoms with van der Waals surface area (Å²) in [5.74, 6) is -0.525. The number of aryl methyl sites for hydroxylation is 1. The molecule has 0 atom stereocenters. The number of carboxylic acids is 1. The molecule has 0 aromatic heterocycles. The lowest BCUT2D eigenvalue weighted by molar-refractivity contribution is -0.136. The predicted molar refractivity (Wildman–Crippen MR) is 53.8 cm³/mol. The molecule has 0 saturated carbocycles. The molecule has 0 aliphatic heterocycles. The molecule has 0 amide bonds. The van der Waals surface area contributed by atoms with Gasteiger partial charge in [-0.2, -0.15) is 5.26 Å². The number of benzene rings is 1. The van der Waals surface area contributed by atoms with E-state index in [9.17, 15) is 4.79 Å². The predicted octanol–water partition coefficient (Wildman–Crippen LogP) is 1.50. The van der Waals surface area contributed by atoms with E-state index in [4.69, 9.17) is 15.1 Å². The second-order valence-corrected chi connectivity index (χ2v) is 3.18. The Morgan fingerprint density at radius 2 is 2.27 bits per heavy atom. The number of hydrogen-bond donors (Lipinski definition) is 1. The first-order valence-electron chi connectivity index (χ1n) is 4.38. The zero-order valence-electron chi connectivity index (χ0n) is 8.57. The number of methoxy groups -OCH3 is 1. The summed E-state index contributed by atoms with van der Waals surface area (Å²) in [5, 5.41) is 17.6. The molecule has 0 bridgehead atoms. The SMILES string of the molecule is COc1cc(C)cc(C#N)c1CC(=O)O. The van der Waals surface area contributed by atoms with Crippen LogP contribution in [0.2, 0.25) is 0 Å². The zero-order chi connectivity index (χ0) is 11.4. The molecule has 15 heavy (non-hydrogen) atoms. The highest BCUT2D eigenvalue weighted by molar-refractivity contribution is 5.73. The van der Waals surface area contributed by atoms with Gasteiger partial charge in [-0.1, -0.05) is 0 Å². The summed E-state index contributed by atoms with van der Waals surface area (Å²) in [6, 6.07) is 5.35. The highest BCUT2D eigenvalue weighted by Crippen LogP contribution is 2.24. The van der Waals surface area contributed by atoms with E-state index in [1.807, 2.05) is 13.0 Å². The van der Waals surface area contributed by atoms with Gasteiger partial charge in [-0.15, -0.1) is 0 Å². The van der Waals surface area contributed by atoms with Gasteiger partial charge in [-0.25, -0.2) is 0 Å². The molecule has 0 aliphatic rings. The van der Waals surface area contributed by atoms with Crippen LogP contribution in [0.5, 0.6) is 5.75 Å². The maximum Gasteiger partial charge on any atom is 0.308 e. The van der Waals surface area contributed by atoms with Crippen LogP contribution < -0.4 is 4.74 Å². The number of aliphatic carboxylic acids is 1. The fourth-order valence-electron chi connectivity index (χ4n) is 1.40. The Morgan fingerprint density at radius 3 is 2.73 bits per heavy atom. The number of nitrogens with zero attached hydrogens (tertiary/aromatic N) is 1. The highest BCUT2D eigenvalue weighted by Gasteiger charge is 2.13. The van der Waals surface area contributed by atoms with Crippen molar-refractivity contribution in [3.05, 3.63) is 28.8 Å². The van der Waals surface area contributed by atoms with Crippen LogP contribution >= 0.6 is 0 Å². The lowest BCUT2D eigenvalue weighted by Crippen LogP contribution is -2.05. The maximum atomic E-state index is 10.6. The number of carboxylic acid groups (broad SMARTS) is 1. The number of nitriles is 1. The van der Waals surface area contributed by atoms with Crippen molar-refractivity contribution in [2.45, 2.75) is 13.3 Å². The summed E-state index contributed by atoms with van der Waals surface area (Å²) < 4.78 is 5.06. The van der Waals surface area contributed by atoms with E-state index in [1.165, 1.54) is 7.11 Å². The molecule has 0 spiro atoms. The minimum atomic E-state index is -0.978. The fourth-order valence-corrected chi connectivity index (χ4v) is 1.40. The molecule has 1 rings (SSSR count). The van der Waals surface area contributed by atoms with Gasteiger partial charge in [0.25, 0.3) is 0 Å². The average molecular weight is 205 g/mol. The van der Waals surface area contributed by atoms with E-state index in [0.29, 0.717) is 16.9 Å². The van der Waals surface area contributed by atoms with Gasteiger partial charge >= 0.3 is 5.97 Å². The Labute approximate surface area is 87.7 Å². The molecule has 4 nitrogen and oxygen atoms in total. The number of rotatable bonds is 3. The van der Waals surface area contributed by atoms with Crippen LogP contribution in [-0.2, 0) is 11.2 Å². The Balaban J connectivity index is 3.31. The van der Waals surface area contributed by atoms with Crippen LogP contribution in [0.15, 0.2) is 12.1 Å². The van der Waals surface area contributed by atoms with Crippen molar-refractivity contribution in [1.29, 1.82) is 5.26 Å². The van der Waals surface area contributed by atoms with Gasteiger partial charge in [0.15, 0.2) is 0 Å². The van der Waals surface area contributed by atoms with E-state index in [0.717, 1.165) is 5.56 Å². The van der Waals surface area contributed by atoms with Crippen LogP contribution in [0.4, 0.5) is 0 Å². The summed E-state index contributed by atoms with van der Waals surface area (Å²) in [6.07, 6.45) is -0.202. The zero-order valence-corrected chi connectivity index (χ0v) is 8.57. The standard InChI is InChI=1S/C11H11NO3/c1-7-3-8(6-12)9(5-11(13)14)10(4-7)15-2/h3-4H,5H2,1-2H3,(H,13,14). The quantitative estimate of drug-likeness (QED) is 0.811.